The molecule has 1 N–H and O–H groups in total. The molecule has 0 radical (unpaired) electrons. The Balaban J connectivity index is 2.08. The number of carbonyl (C=O) groups excluding carboxylic acids is 1. The van der Waals surface area contributed by atoms with Crippen molar-refractivity contribution in [3.63, 3.8) is 0 Å². The van der Waals surface area contributed by atoms with Crippen LogP contribution in [0, 0.1) is 0 Å². The van der Waals surface area contributed by atoms with Crippen molar-refractivity contribution in [2.24, 2.45) is 0 Å². The molecule has 24 heavy (non-hydrogen) atoms. The van der Waals surface area contributed by atoms with E-state index in [0.29, 0.717) is 12.1 Å². The number of nitrogens with one attached hydrogen (secondary N) is 1. The van der Waals surface area contributed by atoms with Gasteiger partial charge in [0.25, 0.3) is 5.91 Å². The number of unbranched alkanes of at least 4 members (excludes halogenated alkanes) is 2. The van der Waals surface area contributed by atoms with Gasteiger partial charge in [-0.05, 0) is 37.5 Å². The van der Waals surface area contributed by atoms with E-state index in [0.717, 1.165) is 58.0 Å². The second-order valence-electron chi connectivity index (χ2n) is 6.34. The lowest BCUT2D eigenvalue weighted by Gasteiger charge is -2.20. The molecule has 1 saturated heterocycles. The Kier molecular flexibility index (Phi) is 7.24. The van der Waals surface area contributed by atoms with E-state index in [9.17, 15) is 13.2 Å². The minimum absolute atomic E-state index is 0.0695. The molecule has 0 aromatic heterocycles. The third-order valence-electron chi connectivity index (χ3n) is 4.36. The Morgan fingerprint density at radius 3 is 2.50 bits per heavy atom. The van der Waals surface area contributed by atoms with E-state index in [2.05, 4.69) is 11.6 Å². The normalized spacial score (nSPS) is 16.0. The molecule has 1 aromatic rings. The molecule has 6 heteroatoms. The molecular weight excluding hydrogens is 324 g/mol. The van der Waals surface area contributed by atoms with Crippen molar-refractivity contribution in [1.82, 2.24) is 9.62 Å². The molecule has 1 heterocycles. The number of nitrogens with zero attached hydrogens (tertiary/aromatic N) is 1. The summed E-state index contributed by atoms with van der Waals surface area (Å²) in [6.07, 6.45) is 7.20. The molecule has 5 nitrogen and oxygen atoms in total. The van der Waals surface area contributed by atoms with E-state index in [4.69, 9.17) is 0 Å². The van der Waals surface area contributed by atoms with Crippen LogP contribution in [0.5, 0.6) is 0 Å². The van der Waals surface area contributed by atoms with Crippen LogP contribution >= 0.6 is 0 Å². The smallest absolute Gasteiger partial charge is 0.253 e. The van der Waals surface area contributed by atoms with Crippen molar-refractivity contribution in [1.29, 1.82) is 0 Å². The molecule has 134 valence electrons. The van der Waals surface area contributed by atoms with Crippen LogP contribution in [0.3, 0.4) is 0 Å². The van der Waals surface area contributed by atoms with Gasteiger partial charge in [-0.1, -0.05) is 38.7 Å². The molecule has 0 atom stereocenters. The predicted octanol–water partition coefficient (Wildman–Crippen LogP) is 3.17. The van der Waals surface area contributed by atoms with Gasteiger partial charge in [0.15, 0.2) is 0 Å². The lowest BCUT2D eigenvalue weighted by Crippen LogP contribution is -2.32. The molecule has 1 amide bonds. The highest BCUT2D eigenvalue weighted by molar-refractivity contribution is 7.89. The van der Waals surface area contributed by atoms with Crippen molar-refractivity contribution in [3.8, 4) is 0 Å². The summed E-state index contributed by atoms with van der Waals surface area (Å²) in [6, 6.07) is 6.38. The molecule has 0 saturated carbocycles. The highest BCUT2D eigenvalue weighted by Crippen LogP contribution is 2.16. The second-order valence-corrected chi connectivity index (χ2v) is 8.11. The summed E-state index contributed by atoms with van der Waals surface area (Å²) < 4.78 is 27.3. The minimum atomic E-state index is -3.56. The molecular formula is C18H28N2O3S. The molecule has 1 fully saturated rings. The molecule has 0 unspecified atom stereocenters. The summed E-state index contributed by atoms with van der Waals surface area (Å²) in [4.78, 5) is 14.6. The average molecular weight is 353 g/mol. The summed E-state index contributed by atoms with van der Waals surface area (Å²) in [5, 5.41) is 0. The number of hydrogen-bond donors (Lipinski definition) is 1. The van der Waals surface area contributed by atoms with Crippen molar-refractivity contribution in [3.05, 3.63) is 29.8 Å². The summed E-state index contributed by atoms with van der Waals surface area (Å²) in [5.41, 5.74) is 0.452. The quantitative estimate of drug-likeness (QED) is 0.767. The lowest BCUT2D eigenvalue weighted by molar-refractivity contribution is 0.0761. The molecule has 0 spiro atoms. The number of benzene rings is 1. The fourth-order valence-electron chi connectivity index (χ4n) is 2.92. The van der Waals surface area contributed by atoms with Crippen LogP contribution in [0.25, 0.3) is 0 Å². The van der Waals surface area contributed by atoms with E-state index in [1.165, 1.54) is 6.07 Å². The highest BCUT2D eigenvalue weighted by Gasteiger charge is 2.20. The number of amides is 1. The maximum Gasteiger partial charge on any atom is 0.253 e. The van der Waals surface area contributed by atoms with Gasteiger partial charge in [-0.2, -0.15) is 0 Å². The minimum Gasteiger partial charge on any atom is -0.339 e. The van der Waals surface area contributed by atoms with Gasteiger partial charge < -0.3 is 4.90 Å². The topological polar surface area (TPSA) is 66.5 Å². The molecule has 1 aliphatic rings. The van der Waals surface area contributed by atoms with Crippen LogP contribution < -0.4 is 4.72 Å². The van der Waals surface area contributed by atoms with E-state index >= 15 is 0 Å². The zero-order chi connectivity index (χ0) is 17.4. The number of likely N-dealkylation sites (tertiary alicyclic amines) is 1. The Morgan fingerprint density at radius 2 is 1.83 bits per heavy atom. The standard InChI is InChI=1S/C18H28N2O3S/c1-2-3-6-12-19-24(22,23)17-11-9-10-16(15-17)18(21)20-13-7-4-5-8-14-20/h9-11,15,19H,2-8,12-14H2,1H3. The number of sulfonamides is 1. The Bertz CT molecular complexity index is 635. The van der Waals surface area contributed by atoms with Crippen LogP contribution in [-0.2, 0) is 10.0 Å². The maximum atomic E-state index is 12.6. The summed E-state index contributed by atoms with van der Waals surface area (Å²) in [5.74, 6) is -0.0695. The van der Waals surface area contributed by atoms with Gasteiger partial charge in [0.2, 0.25) is 10.0 Å². The van der Waals surface area contributed by atoms with Crippen molar-refractivity contribution in [2.75, 3.05) is 19.6 Å². The van der Waals surface area contributed by atoms with Crippen molar-refractivity contribution >= 4 is 15.9 Å². The molecule has 1 aliphatic heterocycles. The van der Waals surface area contributed by atoms with Crippen LogP contribution in [0.1, 0.15) is 62.2 Å². The van der Waals surface area contributed by atoms with Crippen LogP contribution in [0.15, 0.2) is 29.2 Å². The highest BCUT2D eigenvalue weighted by atomic mass is 32.2. The number of rotatable bonds is 7. The van der Waals surface area contributed by atoms with Crippen LogP contribution in [-0.4, -0.2) is 38.9 Å². The first-order chi connectivity index (χ1) is 11.5. The lowest BCUT2D eigenvalue weighted by atomic mass is 10.2. The van der Waals surface area contributed by atoms with E-state index in [1.54, 1.807) is 18.2 Å². The SMILES string of the molecule is CCCCCNS(=O)(=O)c1cccc(C(=O)N2CCCCCC2)c1. The maximum absolute atomic E-state index is 12.6. The fourth-order valence-corrected chi connectivity index (χ4v) is 4.04. The van der Waals surface area contributed by atoms with Gasteiger partial charge in [0, 0.05) is 25.2 Å². The summed E-state index contributed by atoms with van der Waals surface area (Å²) >= 11 is 0. The monoisotopic (exact) mass is 352 g/mol. The molecule has 0 aliphatic carbocycles. The van der Waals surface area contributed by atoms with E-state index in [-0.39, 0.29) is 10.8 Å². The van der Waals surface area contributed by atoms with E-state index < -0.39 is 10.0 Å². The van der Waals surface area contributed by atoms with Gasteiger partial charge in [-0.3, -0.25) is 4.79 Å². The first kappa shape index (κ1) is 18.9. The fraction of sp³-hybridized carbons (Fsp3) is 0.611. The summed E-state index contributed by atoms with van der Waals surface area (Å²) in [7, 11) is -3.56. The first-order valence-electron chi connectivity index (χ1n) is 8.93. The van der Waals surface area contributed by atoms with Crippen LogP contribution in [0.2, 0.25) is 0 Å². The number of hydrogen-bond acceptors (Lipinski definition) is 3. The van der Waals surface area contributed by atoms with Gasteiger partial charge in [0.1, 0.15) is 0 Å². The molecule has 0 bridgehead atoms. The second kappa shape index (κ2) is 9.18. The average Bonchev–Trinajstić information content (AvgIpc) is 2.87. The van der Waals surface area contributed by atoms with Crippen LogP contribution in [0.4, 0.5) is 0 Å². The van der Waals surface area contributed by atoms with Gasteiger partial charge in [-0.15, -0.1) is 0 Å². The first-order valence-corrected chi connectivity index (χ1v) is 10.4. The zero-order valence-electron chi connectivity index (χ0n) is 14.5. The Morgan fingerprint density at radius 1 is 1.12 bits per heavy atom. The van der Waals surface area contributed by atoms with Gasteiger partial charge >= 0.3 is 0 Å². The summed E-state index contributed by atoms with van der Waals surface area (Å²) in [6.45, 7) is 4.02. The predicted molar refractivity (Wildman–Crippen MR) is 95.5 cm³/mol. The number of carbonyl (C=O) groups is 1. The van der Waals surface area contributed by atoms with Gasteiger partial charge in [-0.25, -0.2) is 13.1 Å². The van der Waals surface area contributed by atoms with Crippen molar-refractivity contribution in [2.45, 2.75) is 56.8 Å². The van der Waals surface area contributed by atoms with Crippen molar-refractivity contribution < 1.29 is 13.2 Å². The molecule has 1 aromatic carbocycles. The third-order valence-corrected chi connectivity index (χ3v) is 5.82. The third kappa shape index (κ3) is 5.31. The largest absolute Gasteiger partial charge is 0.339 e. The van der Waals surface area contributed by atoms with Gasteiger partial charge in [0.05, 0.1) is 4.90 Å². The Hall–Kier alpha value is -1.40. The molecule has 2 rings (SSSR count). The van der Waals surface area contributed by atoms with E-state index in [1.807, 2.05) is 4.90 Å². The Labute approximate surface area is 145 Å². The zero-order valence-corrected chi connectivity index (χ0v) is 15.3.